The van der Waals surface area contributed by atoms with Crippen molar-refractivity contribution in [1.82, 2.24) is 19.9 Å². The average Bonchev–Trinajstić information content (AvgIpc) is 3.06. The van der Waals surface area contributed by atoms with E-state index in [4.69, 9.17) is 0 Å². The molecule has 0 fully saturated rings. The number of thioether (sulfide) groups is 1. The summed E-state index contributed by atoms with van der Waals surface area (Å²) in [6.07, 6.45) is 0.852. The molecule has 8 heteroatoms. The standard InChI is InChI=1S/C18H20N4O3S/c1-12-10-15-20-21-18(22(15)14-7-4-3-6-13(12)14)26-11-16(23)19-9-5-8-17(24)25-2/h3-4,6-7,10H,5,8-9,11H2,1-2H3,(H,19,23). The normalized spacial score (nSPS) is 11.0. The van der Waals surface area contributed by atoms with Crippen molar-refractivity contribution in [3.8, 4) is 0 Å². The summed E-state index contributed by atoms with van der Waals surface area (Å²) in [4.78, 5) is 23.0. The molecule has 0 aliphatic carbocycles. The molecule has 2 heterocycles. The molecule has 1 N–H and O–H groups in total. The molecule has 136 valence electrons. The summed E-state index contributed by atoms with van der Waals surface area (Å²) >= 11 is 1.34. The van der Waals surface area contributed by atoms with E-state index in [1.54, 1.807) is 0 Å². The molecule has 0 aliphatic heterocycles. The van der Waals surface area contributed by atoms with Gasteiger partial charge >= 0.3 is 5.97 Å². The molecule has 0 radical (unpaired) electrons. The molecule has 0 unspecified atom stereocenters. The number of methoxy groups -OCH3 is 1. The lowest BCUT2D eigenvalue weighted by Crippen LogP contribution is -2.26. The number of rotatable bonds is 7. The monoisotopic (exact) mass is 372 g/mol. The van der Waals surface area contributed by atoms with Crippen LogP contribution >= 0.6 is 11.8 Å². The summed E-state index contributed by atoms with van der Waals surface area (Å²) in [6.45, 7) is 2.49. The first-order valence-electron chi connectivity index (χ1n) is 8.30. The van der Waals surface area contributed by atoms with Gasteiger partial charge in [-0.2, -0.15) is 0 Å². The molecular formula is C18H20N4O3S. The molecular weight excluding hydrogens is 352 g/mol. The molecule has 3 rings (SSSR count). The summed E-state index contributed by atoms with van der Waals surface area (Å²) in [5.74, 6) is -0.139. The van der Waals surface area contributed by atoms with Crippen LogP contribution in [0.25, 0.3) is 16.6 Å². The van der Waals surface area contributed by atoms with Gasteiger partial charge < -0.3 is 10.1 Å². The van der Waals surface area contributed by atoms with Gasteiger partial charge in [-0.1, -0.05) is 30.0 Å². The predicted octanol–water partition coefficient (Wildman–Crippen LogP) is 2.35. The van der Waals surface area contributed by atoms with Crippen molar-refractivity contribution in [2.45, 2.75) is 24.9 Å². The Kier molecular flexibility index (Phi) is 5.72. The lowest BCUT2D eigenvalue weighted by molar-refractivity contribution is -0.140. The van der Waals surface area contributed by atoms with Crippen LogP contribution in [-0.2, 0) is 14.3 Å². The number of para-hydroxylation sites is 1. The lowest BCUT2D eigenvalue weighted by Gasteiger charge is -2.07. The third kappa shape index (κ3) is 3.96. The fraction of sp³-hybridized carbons (Fsp3) is 0.333. The molecule has 1 aromatic carbocycles. The van der Waals surface area contributed by atoms with Crippen LogP contribution in [0, 0.1) is 6.92 Å². The van der Waals surface area contributed by atoms with Crippen molar-refractivity contribution in [3.05, 3.63) is 35.9 Å². The molecule has 2 aromatic heterocycles. The van der Waals surface area contributed by atoms with Gasteiger partial charge in [-0.25, -0.2) is 0 Å². The quantitative estimate of drug-likeness (QED) is 0.389. The Hall–Kier alpha value is -2.61. The Morgan fingerprint density at radius 1 is 1.27 bits per heavy atom. The van der Waals surface area contributed by atoms with E-state index in [1.165, 1.54) is 18.9 Å². The number of amides is 1. The summed E-state index contributed by atoms with van der Waals surface area (Å²) < 4.78 is 6.53. The highest BCUT2D eigenvalue weighted by atomic mass is 32.2. The molecule has 3 aromatic rings. The molecule has 0 saturated heterocycles. The van der Waals surface area contributed by atoms with Gasteiger partial charge in [0.15, 0.2) is 10.8 Å². The minimum Gasteiger partial charge on any atom is -0.469 e. The fourth-order valence-electron chi connectivity index (χ4n) is 2.71. The maximum Gasteiger partial charge on any atom is 0.305 e. The van der Waals surface area contributed by atoms with Crippen LogP contribution in [0.3, 0.4) is 0 Å². The first-order chi connectivity index (χ1) is 12.6. The van der Waals surface area contributed by atoms with Gasteiger partial charge in [-0.15, -0.1) is 10.2 Å². The number of carbonyl (C=O) groups is 2. The SMILES string of the molecule is COC(=O)CCCNC(=O)CSc1nnc2cc(C)c3ccccc3n12. The van der Waals surface area contributed by atoms with Crippen LogP contribution in [-0.4, -0.2) is 45.9 Å². The predicted molar refractivity (Wildman–Crippen MR) is 100 cm³/mol. The van der Waals surface area contributed by atoms with E-state index in [2.05, 4.69) is 26.3 Å². The summed E-state index contributed by atoms with van der Waals surface area (Å²) in [6, 6.07) is 10.1. The van der Waals surface area contributed by atoms with Crippen LogP contribution in [0.15, 0.2) is 35.5 Å². The van der Waals surface area contributed by atoms with Gasteiger partial charge in [0.2, 0.25) is 5.91 Å². The van der Waals surface area contributed by atoms with E-state index in [0.717, 1.165) is 22.1 Å². The van der Waals surface area contributed by atoms with Crippen molar-refractivity contribution in [2.24, 2.45) is 0 Å². The third-order valence-corrected chi connectivity index (χ3v) is 4.94. The zero-order chi connectivity index (χ0) is 18.5. The molecule has 1 amide bonds. The number of aryl methyl sites for hydroxylation is 1. The van der Waals surface area contributed by atoms with E-state index in [-0.39, 0.29) is 17.6 Å². The van der Waals surface area contributed by atoms with Gasteiger partial charge in [0, 0.05) is 18.4 Å². The lowest BCUT2D eigenvalue weighted by atomic mass is 10.1. The van der Waals surface area contributed by atoms with Crippen LogP contribution in [0.1, 0.15) is 18.4 Å². The second-order valence-corrected chi connectivity index (χ2v) is 6.78. The topological polar surface area (TPSA) is 85.6 Å². The Bertz CT molecular complexity index is 954. The zero-order valence-corrected chi connectivity index (χ0v) is 15.5. The van der Waals surface area contributed by atoms with Gasteiger partial charge in [-0.3, -0.25) is 14.0 Å². The van der Waals surface area contributed by atoms with Gasteiger partial charge in [-0.05, 0) is 31.0 Å². The molecule has 0 saturated carbocycles. The van der Waals surface area contributed by atoms with Gasteiger partial charge in [0.25, 0.3) is 0 Å². The Labute approximate surface area is 155 Å². The third-order valence-electron chi connectivity index (χ3n) is 4.01. The van der Waals surface area contributed by atoms with Crippen molar-refractivity contribution in [2.75, 3.05) is 19.4 Å². The van der Waals surface area contributed by atoms with Gasteiger partial charge in [0.05, 0.1) is 18.4 Å². The fourth-order valence-corrected chi connectivity index (χ4v) is 3.49. The Balaban J connectivity index is 1.65. The summed E-state index contributed by atoms with van der Waals surface area (Å²) in [5, 5.41) is 13.1. The number of esters is 1. The number of hydrogen-bond donors (Lipinski definition) is 1. The number of fused-ring (bicyclic) bond motifs is 3. The van der Waals surface area contributed by atoms with Crippen molar-refractivity contribution in [1.29, 1.82) is 0 Å². The van der Waals surface area contributed by atoms with Crippen molar-refractivity contribution >= 4 is 40.2 Å². The van der Waals surface area contributed by atoms with Crippen LogP contribution < -0.4 is 5.32 Å². The number of nitrogens with one attached hydrogen (secondary N) is 1. The van der Waals surface area contributed by atoms with E-state index in [0.29, 0.717) is 24.5 Å². The first-order valence-corrected chi connectivity index (χ1v) is 9.28. The number of pyridine rings is 1. The van der Waals surface area contributed by atoms with E-state index in [9.17, 15) is 9.59 Å². The first kappa shape index (κ1) is 18.2. The molecule has 7 nitrogen and oxygen atoms in total. The highest BCUT2D eigenvalue weighted by Gasteiger charge is 2.13. The molecule has 0 aliphatic rings. The highest BCUT2D eigenvalue weighted by Crippen LogP contribution is 2.25. The maximum atomic E-state index is 12.0. The van der Waals surface area contributed by atoms with E-state index >= 15 is 0 Å². The second kappa shape index (κ2) is 8.18. The molecule has 0 atom stereocenters. The number of nitrogens with zero attached hydrogens (tertiary/aromatic N) is 3. The minimum atomic E-state index is -0.272. The highest BCUT2D eigenvalue weighted by molar-refractivity contribution is 7.99. The average molecular weight is 372 g/mol. The van der Waals surface area contributed by atoms with Crippen molar-refractivity contribution in [3.63, 3.8) is 0 Å². The zero-order valence-electron chi connectivity index (χ0n) is 14.7. The largest absolute Gasteiger partial charge is 0.469 e. The Morgan fingerprint density at radius 3 is 2.88 bits per heavy atom. The molecule has 0 bridgehead atoms. The number of ether oxygens (including phenoxy) is 1. The number of aromatic nitrogens is 3. The second-order valence-electron chi connectivity index (χ2n) is 5.84. The van der Waals surface area contributed by atoms with E-state index in [1.807, 2.05) is 35.6 Å². The van der Waals surface area contributed by atoms with Crippen LogP contribution in [0.5, 0.6) is 0 Å². The van der Waals surface area contributed by atoms with E-state index < -0.39 is 0 Å². The number of benzene rings is 1. The summed E-state index contributed by atoms with van der Waals surface area (Å²) in [7, 11) is 1.35. The Morgan fingerprint density at radius 2 is 2.08 bits per heavy atom. The minimum absolute atomic E-state index is 0.104. The smallest absolute Gasteiger partial charge is 0.305 e. The molecule has 0 spiro atoms. The number of carbonyl (C=O) groups excluding carboxylic acids is 2. The van der Waals surface area contributed by atoms with Gasteiger partial charge in [0.1, 0.15) is 0 Å². The summed E-state index contributed by atoms with van der Waals surface area (Å²) in [5.41, 5.74) is 2.93. The number of hydrogen-bond acceptors (Lipinski definition) is 6. The molecule has 26 heavy (non-hydrogen) atoms. The van der Waals surface area contributed by atoms with Crippen LogP contribution in [0.2, 0.25) is 0 Å². The van der Waals surface area contributed by atoms with Crippen molar-refractivity contribution < 1.29 is 14.3 Å². The van der Waals surface area contributed by atoms with Crippen LogP contribution in [0.4, 0.5) is 0 Å². The maximum absolute atomic E-state index is 12.0.